The number of hydrogen-bond acceptors (Lipinski definition) is 3. The Balaban J connectivity index is 2.03. The van der Waals surface area contributed by atoms with Crippen LogP contribution < -0.4 is 0 Å². The minimum absolute atomic E-state index is 0.0989. The van der Waals surface area contributed by atoms with Gasteiger partial charge in [0, 0.05) is 5.41 Å². The summed E-state index contributed by atoms with van der Waals surface area (Å²) in [4.78, 5) is 12.4. The van der Waals surface area contributed by atoms with E-state index in [1.807, 2.05) is 6.92 Å². The maximum atomic E-state index is 12.4. The molecule has 0 saturated heterocycles. The monoisotopic (exact) mass is 261 g/mol. The van der Waals surface area contributed by atoms with Crippen molar-refractivity contribution in [3.05, 3.63) is 0 Å². The molecule has 3 heteroatoms. The van der Waals surface area contributed by atoms with Crippen molar-refractivity contribution in [2.45, 2.75) is 51.9 Å². The first-order valence-electron chi connectivity index (χ1n) is 7.59. The Morgan fingerprint density at radius 2 is 1.74 bits per heavy atom. The quantitative estimate of drug-likeness (QED) is 0.732. The maximum absolute atomic E-state index is 12.4. The Hall–Kier alpha value is -1.04. The minimum atomic E-state index is -0.905. The van der Waals surface area contributed by atoms with Gasteiger partial charge in [0.2, 0.25) is 0 Å². The van der Waals surface area contributed by atoms with Crippen molar-refractivity contribution >= 4 is 5.97 Å². The van der Waals surface area contributed by atoms with E-state index in [1.165, 1.54) is 26.4 Å². The zero-order valence-corrected chi connectivity index (χ0v) is 11.9. The molecule has 0 aromatic heterocycles. The van der Waals surface area contributed by atoms with Crippen molar-refractivity contribution in [2.75, 3.05) is 7.11 Å². The van der Waals surface area contributed by atoms with Gasteiger partial charge in [0.15, 0.2) is 5.41 Å². The van der Waals surface area contributed by atoms with Gasteiger partial charge in [-0.05, 0) is 62.7 Å². The van der Waals surface area contributed by atoms with Gasteiger partial charge in [-0.25, -0.2) is 0 Å². The normalized spacial score (nSPS) is 42.5. The molecule has 4 aliphatic rings. The second-order valence-electron chi connectivity index (χ2n) is 7.06. The molecule has 3 nitrogen and oxygen atoms in total. The van der Waals surface area contributed by atoms with Gasteiger partial charge >= 0.3 is 5.97 Å². The molecule has 0 heterocycles. The number of carbonyl (C=O) groups excluding carboxylic acids is 1. The van der Waals surface area contributed by atoms with E-state index in [4.69, 9.17) is 4.74 Å². The summed E-state index contributed by atoms with van der Waals surface area (Å²) >= 11 is 0. The number of nitriles is 1. The average molecular weight is 261 g/mol. The number of hydrogen-bond donors (Lipinski definition) is 0. The zero-order chi connectivity index (χ0) is 13.7. The van der Waals surface area contributed by atoms with Gasteiger partial charge in [-0.1, -0.05) is 6.92 Å². The third kappa shape index (κ3) is 1.58. The van der Waals surface area contributed by atoms with Crippen molar-refractivity contribution in [3.8, 4) is 6.07 Å². The van der Waals surface area contributed by atoms with E-state index >= 15 is 0 Å². The van der Waals surface area contributed by atoms with Crippen molar-refractivity contribution in [2.24, 2.45) is 28.6 Å². The molecule has 0 aromatic rings. The topological polar surface area (TPSA) is 50.1 Å². The summed E-state index contributed by atoms with van der Waals surface area (Å²) in [5.41, 5.74) is -1.00. The van der Waals surface area contributed by atoms with Crippen LogP contribution in [0.4, 0.5) is 0 Å². The Bertz CT molecular complexity index is 401. The van der Waals surface area contributed by atoms with Crippen LogP contribution in [0.2, 0.25) is 0 Å². The second-order valence-corrected chi connectivity index (χ2v) is 7.06. The summed E-state index contributed by atoms with van der Waals surface area (Å²) < 4.78 is 5.03. The average Bonchev–Trinajstić information content (AvgIpc) is 2.38. The smallest absolute Gasteiger partial charge is 0.326 e. The van der Waals surface area contributed by atoms with E-state index in [9.17, 15) is 10.1 Å². The molecule has 0 radical (unpaired) electrons. The highest BCUT2D eigenvalue weighted by molar-refractivity contribution is 5.81. The minimum Gasteiger partial charge on any atom is -0.468 e. The van der Waals surface area contributed by atoms with Crippen LogP contribution in [0.25, 0.3) is 0 Å². The van der Waals surface area contributed by atoms with Crippen molar-refractivity contribution in [1.29, 1.82) is 5.26 Å². The van der Waals surface area contributed by atoms with Crippen LogP contribution in [0.3, 0.4) is 0 Å². The lowest BCUT2D eigenvalue weighted by Gasteiger charge is -2.60. The van der Waals surface area contributed by atoms with Crippen molar-refractivity contribution in [3.63, 3.8) is 0 Å². The predicted octanol–water partition coefficient (Wildman–Crippen LogP) is 3.30. The van der Waals surface area contributed by atoms with Crippen LogP contribution in [-0.2, 0) is 9.53 Å². The van der Waals surface area contributed by atoms with E-state index in [2.05, 4.69) is 6.07 Å². The Labute approximate surface area is 115 Å². The van der Waals surface area contributed by atoms with Crippen molar-refractivity contribution < 1.29 is 9.53 Å². The lowest BCUT2D eigenvalue weighted by Crippen LogP contribution is -2.57. The number of nitrogens with zero attached hydrogens (tertiary/aromatic N) is 1. The molecular weight excluding hydrogens is 238 g/mol. The standard InChI is InChI=1S/C16H23NO2/c1-3-16(10-17,14(18)19-2)15-7-11-4-12(8-15)6-13(5-11)9-15/h11-13H,3-9H2,1-2H3. The molecule has 0 aliphatic heterocycles. The van der Waals surface area contributed by atoms with Crippen molar-refractivity contribution in [1.82, 2.24) is 0 Å². The molecule has 4 bridgehead atoms. The zero-order valence-electron chi connectivity index (χ0n) is 11.9. The van der Waals surface area contributed by atoms with E-state index < -0.39 is 5.41 Å². The SMILES string of the molecule is CCC(C#N)(C(=O)OC)C12CC3CC(CC(C3)C1)C2. The summed E-state index contributed by atoms with van der Waals surface area (Å²) in [6, 6.07) is 2.40. The molecule has 1 atom stereocenters. The number of carbonyl (C=O) groups is 1. The number of ether oxygens (including phenoxy) is 1. The van der Waals surface area contributed by atoms with Gasteiger partial charge in [0.1, 0.15) is 0 Å². The molecule has 19 heavy (non-hydrogen) atoms. The van der Waals surface area contributed by atoms with Gasteiger partial charge in [-0.2, -0.15) is 5.26 Å². The number of rotatable bonds is 3. The summed E-state index contributed by atoms with van der Waals surface area (Å²) in [6.07, 6.45) is 7.76. The van der Waals surface area contributed by atoms with Gasteiger partial charge in [0.05, 0.1) is 13.2 Å². The van der Waals surface area contributed by atoms with Gasteiger partial charge in [0.25, 0.3) is 0 Å². The predicted molar refractivity (Wildman–Crippen MR) is 71.0 cm³/mol. The molecule has 4 aliphatic carbocycles. The van der Waals surface area contributed by atoms with Gasteiger partial charge < -0.3 is 4.74 Å². The Morgan fingerprint density at radius 1 is 1.26 bits per heavy atom. The van der Waals surface area contributed by atoms with E-state index in [0.29, 0.717) is 6.42 Å². The lowest BCUT2D eigenvalue weighted by molar-refractivity contribution is -0.172. The van der Waals surface area contributed by atoms with Crippen LogP contribution in [0, 0.1) is 39.9 Å². The third-order valence-corrected chi connectivity index (χ3v) is 6.20. The molecule has 4 fully saturated rings. The fourth-order valence-corrected chi connectivity index (χ4v) is 5.79. The lowest BCUT2D eigenvalue weighted by atomic mass is 9.42. The highest BCUT2D eigenvalue weighted by Gasteiger charge is 2.63. The number of esters is 1. The highest BCUT2D eigenvalue weighted by atomic mass is 16.5. The molecule has 0 N–H and O–H groups in total. The fraction of sp³-hybridized carbons (Fsp3) is 0.875. The van der Waals surface area contributed by atoms with E-state index in [-0.39, 0.29) is 11.4 Å². The molecule has 0 aromatic carbocycles. The molecule has 4 rings (SSSR count). The molecule has 1 unspecified atom stereocenters. The van der Waals surface area contributed by atoms with E-state index in [0.717, 1.165) is 37.0 Å². The maximum Gasteiger partial charge on any atom is 0.326 e. The first-order chi connectivity index (χ1) is 9.09. The van der Waals surface area contributed by atoms with Crippen LogP contribution in [-0.4, -0.2) is 13.1 Å². The van der Waals surface area contributed by atoms with E-state index in [1.54, 1.807) is 0 Å². The molecular formula is C16H23NO2. The molecule has 0 amide bonds. The number of methoxy groups -OCH3 is 1. The fourth-order valence-electron chi connectivity index (χ4n) is 5.79. The summed E-state index contributed by atoms with van der Waals surface area (Å²) in [5, 5.41) is 9.79. The van der Waals surface area contributed by atoms with Crippen LogP contribution in [0.1, 0.15) is 51.9 Å². The summed E-state index contributed by atoms with van der Waals surface area (Å²) in [6.45, 7) is 1.97. The molecule has 104 valence electrons. The summed E-state index contributed by atoms with van der Waals surface area (Å²) in [7, 11) is 1.42. The first kappa shape index (κ1) is 13.0. The third-order valence-electron chi connectivity index (χ3n) is 6.20. The first-order valence-corrected chi connectivity index (χ1v) is 7.59. The Morgan fingerprint density at radius 3 is 2.05 bits per heavy atom. The summed E-state index contributed by atoms with van der Waals surface area (Å²) in [5.74, 6) is 1.94. The van der Waals surface area contributed by atoms with Crippen LogP contribution in [0.15, 0.2) is 0 Å². The molecule has 4 saturated carbocycles. The largest absolute Gasteiger partial charge is 0.468 e. The van der Waals surface area contributed by atoms with Crippen LogP contribution >= 0.6 is 0 Å². The molecule has 0 spiro atoms. The highest BCUT2D eigenvalue weighted by Crippen LogP contribution is 2.66. The van der Waals surface area contributed by atoms with Gasteiger partial charge in [-0.15, -0.1) is 0 Å². The van der Waals surface area contributed by atoms with Crippen LogP contribution in [0.5, 0.6) is 0 Å². The second kappa shape index (κ2) is 4.23. The Kier molecular flexibility index (Phi) is 2.89. The van der Waals surface area contributed by atoms with Gasteiger partial charge in [-0.3, -0.25) is 4.79 Å².